The van der Waals surface area contributed by atoms with Crippen LogP contribution in [0.2, 0.25) is 0 Å². The lowest BCUT2D eigenvalue weighted by molar-refractivity contribution is 0.398. The summed E-state index contributed by atoms with van der Waals surface area (Å²) in [7, 11) is 0. The van der Waals surface area contributed by atoms with Crippen LogP contribution in [0.1, 0.15) is 19.3 Å². The molecular weight excluding hydrogens is 282 g/mol. The molecule has 1 aliphatic rings. The van der Waals surface area contributed by atoms with Gasteiger partial charge < -0.3 is 4.90 Å². The normalized spacial score (nSPS) is 19.2. The van der Waals surface area contributed by atoms with E-state index >= 15 is 0 Å². The van der Waals surface area contributed by atoms with Gasteiger partial charge in [0.15, 0.2) is 5.13 Å². The summed E-state index contributed by atoms with van der Waals surface area (Å²) in [5.41, 5.74) is 1.10. The van der Waals surface area contributed by atoms with E-state index in [1.807, 2.05) is 4.68 Å². The molecule has 0 N–H and O–H groups in total. The summed E-state index contributed by atoms with van der Waals surface area (Å²) in [6.07, 6.45) is 7.11. The summed E-state index contributed by atoms with van der Waals surface area (Å²) in [4.78, 5) is 11.3. The molecule has 0 saturated carbocycles. The number of nitrogens with zero attached hydrogens (tertiary/aromatic N) is 5. The Morgan fingerprint density at radius 3 is 3.05 bits per heavy atom. The quantitative estimate of drug-likeness (QED) is 0.746. The van der Waals surface area contributed by atoms with Crippen molar-refractivity contribution in [1.82, 2.24) is 19.7 Å². The van der Waals surface area contributed by atoms with E-state index in [4.69, 9.17) is 4.98 Å². The number of thiazole rings is 1. The minimum absolute atomic E-state index is 0.459. The average molecular weight is 299 g/mol. The molecule has 5 nitrogen and oxygen atoms in total. The summed E-state index contributed by atoms with van der Waals surface area (Å²) in [6.45, 7) is 1.97. The third kappa shape index (κ3) is 2.51. The van der Waals surface area contributed by atoms with Crippen molar-refractivity contribution in [2.75, 3.05) is 11.4 Å². The Balaban J connectivity index is 1.63. The van der Waals surface area contributed by atoms with Crippen LogP contribution in [0.3, 0.4) is 0 Å². The molecule has 0 spiro atoms. The third-order valence-corrected chi connectivity index (χ3v) is 5.09. The number of piperidine rings is 1. The number of hydrogen-bond donors (Lipinski definition) is 0. The predicted molar refractivity (Wildman–Crippen MR) is 84.6 cm³/mol. The standard InChI is InChI=1S/C15H17N5S/c1-2-7-14-13(6-1)18-15(21-14)20-8-4-3-5-12(20)9-19-11-16-10-17-19/h1-2,6-7,10-12H,3-5,8-9H2/t12-/m0/s1. The third-order valence-electron chi connectivity index (χ3n) is 4.02. The van der Waals surface area contributed by atoms with E-state index in [2.05, 4.69) is 39.2 Å². The minimum Gasteiger partial charge on any atom is -0.343 e. The first-order valence-corrected chi connectivity index (χ1v) is 8.16. The summed E-state index contributed by atoms with van der Waals surface area (Å²) >= 11 is 1.79. The molecule has 0 aliphatic carbocycles. The van der Waals surface area contributed by atoms with E-state index in [9.17, 15) is 0 Å². The molecule has 0 amide bonds. The fraction of sp³-hybridized carbons (Fsp3) is 0.400. The second kappa shape index (κ2) is 5.44. The second-order valence-electron chi connectivity index (χ2n) is 5.42. The zero-order valence-corrected chi connectivity index (χ0v) is 12.5. The summed E-state index contributed by atoms with van der Waals surface area (Å²) in [5, 5.41) is 5.38. The monoisotopic (exact) mass is 299 g/mol. The minimum atomic E-state index is 0.459. The average Bonchev–Trinajstić information content (AvgIpc) is 3.16. The molecule has 0 bridgehead atoms. The van der Waals surface area contributed by atoms with Crippen LogP contribution < -0.4 is 4.90 Å². The highest BCUT2D eigenvalue weighted by molar-refractivity contribution is 7.22. The smallest absolute Gasteiger partial charge is 0.186 e. The SMILES string of the molecule is c1ccc2sc(N3CCCC[C@H]3Cn3cncn3)nc2c1. The van der Waals surface area contributed by atoms with Crippen molar-refractivity contribution in [3.8, 4) is 0 Å². The van der Waals surface area contributed by atoms with Crippen molar-refractivity contribution in [3.05, 3.63) is 36.9 Å². The second-order valence-corrected chi connectivity index (χ2v) is 6.43. The van der Waals surface area contributed by atoms with Crippen LogP contribution in [0.25, 0.3) is 10.2 Å². The Bertz CT molecular complexity index is 688. The van der Waals surface area contributed by atoms with Crippen molar-refractivity contribution < 1.29 is 0 Å². The number of hydrogen-bond acceptors (Lipinski definition) is 5. The molecule has 2 aromatic heterocycles. The first kappa shape index (κ1) is 12.8. The van der Waals surface area contributed by atoms with Gasteiger partial charge in [-0.15, -0.1) is 0 Å². The van der Waals surface area contributed by atoms with Gasteiger partial charge in [0.2, 0.25) is 0 Å². The molecule has 21 heavy (non-hydrogen) atoms. The van der Waals surface area contributed by atoms with Gasteiger partial charge in [0.05, 0.1) is 22.8 Å². The van der Waals surface area contributed by atoms with E-state index in [0.29, 0.717) is 6.04 Å². The fourth-order valence-electron chi connectivity index (χ4n) is 2.97. The van der Waals surface area contributed by atoms with Gasteiger partial charge in [-0.3, -0.25) is 4.68 Å². The van der Waals surface area contributed by atoms with Crippen LogP contribution in [0.15, 0.2) is 36.9 Å². The van der Waals surface area contributed by atoms with Crippen LogP contribution in [0, 0.1) is 0 Å². The Labute approximate surface area is 127 Å². The summed E-state index contributed by atoms with van der Waals surface area (Å²) in [5.74, 6) is 0. The van der Waals surface area contributed by atoms with Crippen LogP contribution in [0.4, 0.5) is 5.13 Å². The van der Waals surface area contributed by atoms with E-state index in [0.717, 1.165) is 23.7 Å². The van der Waals surface area contributed by atoms with E-state index in [-0.39, 0.29) is 0 Å². The highest BCUT2D eigenvalue weighted by Gasteiger charge is 2.25. The Hall–Kier alpha value is -1.95. The topological polar surface area (TPSA) is 46.8 Å². The molecule has 4 rings (SSSR count). The molecule has 6 heteroatoms. The number of benzene rings is 1. The number of para-hydroxylation sites is 1. The summed E-state index contributed by atoms with van der Waals surface area (Å²) < 4.78 is 3.19. The van der Waals surface area contributed by atoms with Gasteiger partial charge >= 0.3 is 0 Å². The highest BCUT2D eigenvalue weighted by Crippen LogP contribution is 2.32. The number of fused-ring (bicyclic) bond motifs is 1. The van der Waals surface area contributed by atoms with Crippen LogP contribution >= 0.6 is 11.3 Å². The van der Waals surface area contributed by atoms with Crippen molar-refractivity contribution >= 4 is 26.7 Å². The predicted octanol–water partition coefficient (Wildman–Crippen LogP) is 2.95. The number of aromatic nitrogens is 4. The molecular formula is C15H17N5S. The van der Waals surface area contributed by atoms with Gasteiger partial charge in [0, 0.05) is 6.54 Å². The molecule has 1 atom stereocenters. The van der Waals surface area contributed by atoms with Gasteiger partial charge in [-0.25, -0.2) is 9.97 Å². The molecule has 1 aliphatic heterocycles. The largest absolute Gasteiger partial charge is 0.343 e. The molecule has 0 radical (unpaired) electrons. The van der Waals surface area contributed by atoms with Crippen molar-refractivity contribution in [2.45, 2.75) is 31.8 Å². The molecule has 108 valence electrons. The van der Waals surface area contributed by atoms with E-state index in [1.165, 1.54) is 24.0 Å². The van der Waals surface area contributed by atoms with Crippen LogP contribution in [0.5, 0.6) is 0 Å². The Kier molecular flexibility index (Phi) is 3.31. The zero-order chi connectivity index (χ0) is 14.1. The number of rotatable bonds is 3. The lowest BCUT2D eigenvalue weighted by Crippen LogP contribution is -2.42. The van der Waals surface area contributed by atoms with Crippen molar-refractivity contribution in [3.63, 3.8) is 0 Å². The molecule has 1 fully saturated rings. The van der Waals surface area contributed by atoms with Crippen LogP contribution in [-0.2, 0) is 6.54 Å². The van der Waals surface area contributed by atoms with Gasteiger partial charge in [0.25, 0.3) is 0 Å². The van der Waals surface area contributed by atoms with Crippen molar-refractivity contribution in [2.24, 2.45) is 0 Å². The van der Waals surface area contributed by atoms with E-state index < -0.39 is 0 Å². The maximum absolute atomic E-state index is 4.82. The zero-order valence-electron chi connectivity index (χ0n) is 11.7. The van der Waals surface area contributed by atoms with Gasteiger partial charge in [0.1, 0.15) is 12.7 Å². The molecule has 1 saturated heterocycles. The van der Waals surface area contributed by atoms with E-state index in [1.54, 1.807) is 24.0 Å². The van der Waals surface area contributed by atoms with Gasteiger partial charge in [-0.2, -0.15) is 5.10 Å². The molecule has 1 aromatic carbocycles. The maximum Gasteiger partial charge on any atom is 0.186 e. The van der Waals surface area contributed by atoms with Gasteiger partial charge in [-0.1, -0.05) is 23.5 Å². The van der Waals surface area contributed by atoms with Crippen molar-refractivity contribution in [1.29, 1.82) is 0 Å². The lowest BCUT2D eigenvalue weighted by atomic mass is 10.0. The molecule has 3 aromatic rings. The molecule has 3 heterocycles. The first-order chi connectivity index (χ1) is 10.4. The Morgan fingerprint density at radius 1 is 1.24 bits per heavy atom. The lowest BCUT2D eigenvalue weighted by Gasteiger charge is -2.35. The van der Waals surface area contributed by atoms with Gasteiger partial charge in [-0.05, 0) is 31.4 Å². The Morgan fingerprint density at radius 2 is 2.19 bits per heavy atom. The first-order valence-electron chi connectivity index (χ1n) is 7.35. The highest BCUT2D eigenvalue weighted by atomic mass is 32.1. The number of anilines is 1. The molecule has 0 unspecified atom stereocenters. The fourth-order valence-corrected chi connectivity index (χ4v) is 4.03. The van der Waals surface area contributed by atoms with Crippen LogP contribution in [-0.4, -0.2) is 32.3 Å². The maximum atomic E-state index is 4.82. The summed E-state index contributed by atoms with van der Waals surface area (Å²) in [6, 6.07) is 8.82.